The molecule has 0 saturated heterocycles. The molecule has 4 heteroatoms. The van der Waals surface area contributed by atoms with Crippen molar-refractivity contribution in [1.29, 1.82) is 0 Å². The van der Waals surface area contributed by atoms with Crippen LogP contribution in [0.3, 0.4) is 0 Å². The van der Waals surface area contributed by atoms with Crippen molar-refractivity contribution in [2.45, 2.75) is 13.5 Å². The quantitative estimate of drug-likeness (QED) is 0.753. The first kappa shape index (κ1) is 13.9. The highest BCUT2D eigenvalue weighted by atomic mass is 16.1. The molecule has 1 aromatic carbocycles. The first-order chi connectivity index (χ1) is 10.7. The van der Waals surface area contributed by atoms with Crippen molar-refractivity contribution >= 4 is 0 Å². The van der Waals surface area contributed by atoms with Crippen LogP contribution in [0.5, 0.6) is 0 Å². The van der Waals surface area contributed by atoms with Gasteiger partial charge in [-0.25, -0.2) is 4.98 Å². The Labute approximate surface area is 128 Å². The predicted molar refractivity (Wildman–Crippen MR) is 86.5 cm³/mol. The lowest BCUT2D eigenvalue weighted by Gasteiger charge is -2.08. The van der Waals surface area contributed by atoms with Crippen LogP contribution in [0.25, 0.3) is 11.1 Å². The maximum Gasteiger partial charge on any atom is 0.256 e. The number of pyridine rings is 1. The van der Waals surface area contributed by atoms with Crippen molar-refractivity contribution in [2.24, 2.45) is 0 Å². The number of nitrogens with zero attached hydrogens (tertiary/aromatic N) is 2. The highest BCUT2D eigenvalue weighted by molar-refractivity contribution is 5.62. The molecule has 0 spiro atoms. The number of nitrogens with one attached hydrogen (secondary N) is 1. The van der Waals surface area contributed by atoms with Crippen LogP contribution in [0.15, 0.2) is 53.5 Å². The van der Waals surface area contributed by atoms with Crippen molar-refractivity contribution in [3.63, 3.8) is 0 Å². The van der Waals surface area contributed by atoms with E-state index < -0.39 is 0 Å². The van der Waals surface area contributed by atoms with Crippen molar-refractivity contribution in [2.75, 3.05) is 0 Å². The van der Waals surface area contributed by atoms with Gasteiger partial charge >= 0.3 is 0 Å². The molecule has 3 aromatic rings. The number of H-pyrrole nitrogens is 1. The topological polar surface area (TPSA) is 50.7 Å². The minimum absolute atomic E-state index is 0.108. The van der Waals surface area contributed by atoms with Gasteiger partial charge in [0, 0.05) is 23.1 Å². The summed E-state index contributed by atoms with van der Waals surface area (Å²) in [7, 11) is 0. The van der Waals surface area contributed by atoms with E-state index in [2.05, 4.69) is 15.9 Å². The van der Waals surface area contributed by atoms with Crippen molar-refractivity contribution in [3.8, 4) is 23.5 Å². The minimum Gasteiger partial charge on any atom is -0.324 e. The third kappa shape index (κ3) is 2.57. The number of benzene rings is 1. The van der Waals surface area contributed by atoms with Gasteiger partial charge in [0.15, 0.2) is 5.82 Å². The number of rotatable bonds is 3. The third-order valence-electron chi connectivity index (χ3n) is 3.57. The highest BCUT2D eigenvalue weighted by Crippen LogP contribution is 2.15. The average molecular weight is 289 g/mol. The van der Waals surface area contributed by atoms with Crippen molar-refractivity contribution in [3.05, 3.63) is 76.2 Å². The maximum absolute atomic E-state index is 12.3. The van der Waals surface area contributed by atoms with Crippen LogP contribution >= 0.6 is 0 Å². The number of aromatic amines is 1. The Balaban J connectivity index is 1.95. The fourth-order valence-electron chi connectivity index (χ4n) is 2.40. The molecule has 108 valence electrons. The molecule has 0 unspecified atom stereocenters. The molecule has 0 aliphatic carbocycles. The standard InChI is InChI=1S/C18H15N3O/c1-3-17-19-11-13(2)21(17)12-15-9-10-16(18(22)20-15)14-7-5-4-6-8-14/h1,4-11H,12H2,2H3,(H,20,22). The van der Waals surface area contributed by atoms with Crippen molar-refractivity contribution in [1.82, 2.24) is 14.5 Å². The van der Waals surface area contributed by atoms with Crippen LogP contribution < -0.4 is 5.56 Å². The zero-order valence-electron chi connectivity index (χ0n) is 12.2. The summed E-state index contributed by atoms with van der Waals surface area (Å²) in [6.07, 6.45) is 7.17. The fourth-order valence-corrected chi connectivity index (χ4v) is 2.40. The zero-order chi connectivity index (χ0) is 15.5. The van der Waals surface area contributed by atoms with E-state index in [4.69, 9.17) is 6.42 Å². The molecule has 0 aliphatic heterocycles. The summed E-state index contributed by atoms with van der Waals surface area (Å²) in [6.45, 7) is 2.43. The molecule has 4 nitrogen and oxygen atoms in total. The Kier molecular flexibility index (Phi) is 3.63. The van der Waals surface area contributed by atoms with E-state index in [1.807, 2.05) is 54.0 Å². The fraction of sp³-hybridized carbons (Fsp3) is 0.111. The molecule has 0 aliphatic rings. The van der Waals surface area contributed by atoms with Crippen LogP contribution in [0.2, 0.25) is 0 Å². The molecule has 0 fully saturated rings. The van der Waals surface area contributed by atoms with Crippen LogP contribution in [0.1, 0.15) is 17.2 Å². The first-order valence-electron chi connectivity index (χ1n) is 6.95. The summed E-state index contributed by atoms with van der Waals surface area (Å²) in [4.78, 5) is 19.4. The molecule has 0 atom stereocenters. The number of terminal acetylenes is 1. The first-order valence-corrected chi connectivity index (χ1v) is 6.95. The lowest BCUT2D eigenvalue weighted by Crippen LogP contribution is -2.14. The summed E-state index contributed by atoms with van der Waals surface area (Å²) in [6, 6.07) is 13.3. The van der Waals surface area contributed by atoms with Crippen LogP contribution in [-0.4, -0.2) is 14.5 Å². The number of aromatic nitrogens is 3. The molecule has 2 aromatic heterocycles. The second kappa shape index (κ2) is 5.74. The van der Waals surface area contributed by atoms with E-state index in [9.17, 15) is 4.79 Å². The van der Waals surface area contributed by atoms with Gasteiger partial charge in [-0.05, 0) is 30.5 Å². The normalized spacial score (nSPS) is 10.4. The molecule has 22 heavy (non-hydrogen) atoms. The maximum atomic E-state index is 12.3. The number of hydrogen-bond acceptors (Lipinski definition) is 2. The summed E-state index contributed by atoms with van der Waals surface area (Å²) < 4.78 is 1.90. The molecule has 0 saturated carbocycles. The molecule has 3 rings (SSSR count). The van der Waals surface area contributed by atoms with Gasteiger partial charge in [0.05, 0.1) is 6.54 Å². The van der Waals surface area contributed by atoms with E-state index in [0.29, 0.717) is 17.9 Å². The molecule has 0 bridgehead atoms. The smallest absolute Gasteiger partial charge is 0.256 e. The molecular weight excluding hydrogens is 274 g/mol. The largest absolute Gasteiger partial charge is 0.324 e. The second-order valence-corrected chi connectivity index (χ2v) is 5.05. The summed E-state index contributed by atoms with van der Waals surface area (Å²) in [5.74, 6) is 3.11. The lowest BCUT2D eigenvalue weighted by atomic mass is 10.1. The molecule has 2 heterocycles. The average Bonchev–Trinajstić information content (AvgIpc) is 2.89. The highest BCUT2D eigenvalue weighted by Gasteiger charge is 2.08. The zero-order valence-corrected chi connectivity index (χ0v) is 12.2. The lowest BCUT2D eigenvalue weighted by molar-refractivity contribution is 0.736. The van der Waals surface area contributed by atoms with Gasteiger partial charge in [0.25, 0.3) is 5.56 Å². The SMILES string of the molecule is C#Cc1ncc(C)n1Cc1ccc(-c2ccccc2)c(=O)[nH]1. The minimum atomic E-state index is -0.108. The van der Waals surface area contributed by atoms with Crippen LogP contribution in [-0.2, 0) is 6.54 Å². The molecule has 0 amide bonds. The van der Waals surface area contributed by atoms with Gasteiger partial charge in [-0.15, -0.1) is 6.42 Å². The Morgan fingerprint density at radius 2 is 2.00 bits per heavy atom. The van der Waals surface area contributed by atoms with E-state index in [-0.39, 0.29) is 5.56 Å². The molecule has 1 N–H and O–H groups in total. The third-order valence-corrected chi connectivity index (χ3v) is 3.57. The molecule has 0 radical (unpaired) electrons. The summed E-state index contributed by atoms with van der Waals surface area (Å²) in [5.41, 5.74) is 3.20. The summed E-state index contributed by atoms with van der Waals surface area (Å²) in [5, 5.41) is 0. The Morgan fingerprint density at radius 3 is 2.68 bits per heavy atom. The van der Waals surface area contributed by atoms with Gasteiger partial charge in [0.1, 0.15) is 0 Å². The van der Waals surface area contributed by atoms with E-state index >= 15 is 0 Å². The Bertz CT molecular complexity index is 898. The van der Waals surface area contributed by atoms with E-state index in [1.165, 1.54) is 0 Å². The van der Waals surface area contributed by atoms with Crippen LogP contribution in [0.4, 0.5) is 0 Å². The Morgan fingerprint density at radius 1 is 1.23 bits per heavy atom. The van der Waals surface area contributed by atoms with Gasteiger partial charge in [0.2, 0.25) is 0 Å². The van der Waals surface area contributed by atoms with Gasteiger partial charge in [-0.3, -0.25) is 4.79 Å². The van der Waals surface area contributed by atoms with E-state index in [0.717, 1.165) is 17.0 Å². The van der Waals surface area contributed by atoms with Gasteiger partial charge in [-0.2, -0.15) is 0 Å². The number of hydrogen-bond donors (Lipinski definition) is 1. The Hall–Kier alpha value is -3.06. The number of aryl methyl sites for hydroxylation is 1. The van der Waals surface area contributed by atoms with Gasteiger partial charge in [-0.1, -0.05) is 30.3 Å². The van der Waals surface area contributed by atoms with E-state index in [1.54, 1.807) is 6.20 Å². The molecular formula is C18H15N3O. The monoisotopic (exact) mass is 289 g/mol. The van der Waals surface area contributed by atoms with Gasteiger partial charge < -0.3 is 9.55 Å². The second-order valence-electron chi connectivity index (χ2n) is 5.05. The number of imidazole rings is 1. The predicted octanol–water partition coefficient (Wildman–Crippen LogP) is 2.58. The van der Waals surface area contributed by atoms with Crippen molar-refractivity contribution < 1.29 is 0 Å². The van der Waals surface area contributed by atoms with Crippen LogP contribution in [0, 0.1) is 19.3 Å². The summed E-state index contributed by atoms with van der Waals surface area (Å²) >= 11 is 0.